The molecule has 12 aromatic rings. The summed E-state index contributed by atoms with van der Waals surface area (Å²) in [6.07, 6.45) is 0. The molecular weight excluding hydrogens is 979 g/mol. The molecule has 0 radical (unpaired) electrons. The van der Waals surface area contributed by atoms with Gasteiger partial charge in [-0.2, -0.15) is 0 Å². The molecule has 12 aromatic carbocycles. The zero-order valence-electron chi connectivity index (χ0n) is 42.4. The fourth-order valence-electron chi connectivity index (χ4n) is 15.1. The molecule has 2 heterocycles. The van der Waals surface area contributed by atoms with Gasteiger partial charge in [0.1, 0.15) is 0 Å². The maximum absolute atomic E-state index is 2.60. The summed E-state index contributed by atoms with van der Waals surface area (Å²) in [4.78, 5) is 7.83. The van der Waals surface area contributed by atoms with E-state index in [0.29, 0.717) is 0 Å². The maximum atomic E-state index is 2.60. The molecule has 0 N–H and O–H groups in total. The molecule has 3 aliphatic carbocycles. The van der Waals surface area contributed by atoms with Crippen LogP contribution in [0.2, 0.25) is 0 Å². The Morgan fingerprint density at radius 2 is 0.564 bits per heavy atom. The number of anilines is 3. The van der Waals surface area contributed by atoms with E-state index >= 15 is 0 Å². The van der Waals surface area contributed by atoms with Crippen LogP contribution in [0.3, 0.4) is 0 Å². The molecule has 1 nitrogen and oxygen atoms in total. The molecule has 0 bridgehead atoms. The van der Waals surface area contributed by atoms with Gasteiger partial charge >= 0.3 is 0 Å². The van der Waals surface area contributed by atoms with Crippen molar-refractivity contribution in [1.29, 1.82) is 0 Å². The van der Waals surface area contributed by atoms with E-state index in [2.05, 4.69) is 290 Å². The molecule has 0 unspecified atom stereocenters. The summed E-state index contributed by atoms with van der Waals surface area (Å²) in [7, 11) is 0. The van der Waals surface area contributed by atoms with E-state index in [4.69, 9.17) is 0 Å². The Labute approximate surface area is 463 Å². The van der Waals surface area contributed by atoms with E-state index in [1.54, 1.807) is 0 Å². The summed E-state index contributed by atoms with van der Waals surface area (Å²) in [6, 6.07) is 108. The van der Waals surface area contributed by atoms with Gasteiger partial charge in [-0.1, -0.05) is 254 Å². The van der Waals surface area contributed by atoms with Crippen molar-refractivity contribution in [2.75, 3.05) is 4.90 Å². The molecule has 0 amide bonds. The molecule has 364 valence electrons. The summed E-state index contributed by atoms with van der Waals surface area (Å²) in [5.74, 6) is 0. The number of fused-ring (bicyclic) bond motifs is 21. The van der Waals surface area contributed by atoms with Crippen molar-refractivity contribution in [3.05, 3.63) is 352 Å². The van der Waals surface area contributed by atoms with E-state index in [9.17, 15) is 0 Å². The normalized spacial score (nSPS) is 15.1. The van der Waals surface area contributed by atoms with Crippen LogP contribution < -0.4 is 4.90 Å². The van der Waals surface area contributed by atoms with Gasteiger partial charge in [-0.3, -0.25) is 0 Å². The van der Waals surface area contributed by atoms with Gasteiger partial charge < -0.3 is 4.90 Å². The third kappa shape index (κ3) is 5.64. The maximum Gasteiger partial charge on any atom is 0.0735 e. The van der Waals surface area contributed by atoms with Gasteiger partial charge in [0.25, 0.3) is 0 Å². The SMILES string of the molecule is c1ccc(C2(c3ccccc3)c3ccccc3-c3c(N(c4ccc5c(c4)-c4ccccc4C54c5ccccc5Sc5ccccc54)c4ccc5c(c4)-c4ccccc4C54c5ccccc5Sc5ccccc54)cccc32)cc1. The Kier molecular flexibility index (Phi) is 9.41. The number of rotatable bonds is 5. The molecule has 0 aromatic heterocycles. The molecule has 0 saturated carbocycles. The van der Waals surface area contributed by atoms with Crippen molar-refractivity contribution in [2.45, 2.75) is 35.8 Å². The van der Waals surface area contributed by atoms with Crippen LogP contribution in [0.25, 0.3) is 33.4 Å². The lowest BCUT2D eigenvalue weighted by molar-refractivity contribution is 0.722. The van der Waals surface area contributed by atoms with Crippen LogP contribution in [-0.4, -0.2) is 0 Å². The number of benzene rings is 12. The minimum Gasteiger partial charge on any atom is -0.310 e. The monoisotopic (exact) mass is 1030 g/mol. The number of hydrogen-bond acceptors (Lipinski definition) is 3. The van der Waals surface area contributed by atoms with Crippen LogP contribution in [0.15, 0.2) is 305 Å². The van der Waals surface area contributed by atoms with Gasteiger partial charge in [-0.05, 0) is 149 Å². The topological polar surface area (TPSA) is 3.24 Å². The van der Waals surface area contributed by atoms with Crippen molar-refractivity contribution in [2.24, 2.45) is 0 Å². The molecule has 3 heteroatoms. The molecule has 5 aliphatic rings. The largest absolute Gasteiger partial charge is 0.310 e. The summed E-state index contributed by atoms with van der Waals surface area (Å²) < 4.78 is 0. The lowest BCUT2D eigenvalue weighted by Gasteiger charge is -2.40. The van der Waals surface area contributed by atoms with E-state index in [1.165, 1.54) is 120 Å². The second-order valence-electron chi connectivity index (χ2n) is 21.3. The number of hydrogen-bond donors (Lipinski definition) is 0. The van der Waals surface area contributed by atoms with Crippen LogP contribution in [0.5, 0.6) is 0 Å². The smallest absolute Gasteiger partial charge is 0.0735 e. The van der Waals surface area contributed by atoms with Gasteiger partial charge in [0.2, 0.25) is 0 Å². The summed E-state index contributed by atoms with van der Waals surface area (Å²) in [6.45, 7) is 0. The minimum atomic E-state index is -0.567. The van der Waals surface area contributed by atoms with Gasteiger partial charge in [0.15, 0.2) is 0 Å². The number of nitrogens with zero attached hydrogens (tertiary/aromatic N) is 1. The Balaban J connectivity index is 0.965. The summed E-state index contributed by atoms with van der Waals surface area (Å²) >= 11 is 3.79. The van der Waals surface area contributed by atoms with Gasteiger partial charge in [0, 0.05) is 36.5 Å². The van der Waals surface area contributed by atoms with Crippen LogP contribution in [0.4, 0.5) is 17.1 Å². The average Bonchev–Trinajstić information content (AvgIpc) is 3.85. The molecule has 2 spiro atoms. The molecule has 78 heavy (non-hydrogen) atoms. The van der Waals surface area contributed by atoms with Crippen molar-refractivity contribution >= 4 is 40.6 Å². The van der Waals surface area contributed by atoms with Gasteiger partial charge in [0.05, 0.1) is 21.9 Å². The fourth-order valence-corrected chi connectivity index (χ4v) is 17.4. The van der Waals surface area contributed by atoms with Crippen molar-refractivity contribution in [1.82, 2.24) is 0 Å². The van der Waals surface area contributed by atoms with E-state index in [0.717, 1.165) is 17.1 Å². The first kappa shape index (κ1) is 44.3. The Bertz CT molecular complexity index is 4150. The Morgan fingerprint density at radius 3 is 1.00 bits per heavy atom. The molecular formula is C75H47NS2. The van der Waals surface area contributed by atoms with Crippen molar-refractivity contribution < 1.29 is 0 Å². The second kappa shape index (κ2) is 16.6. The van der Waals surface area contributed by atoms with Crippen molar-refractivity contribution in [3.8, 4) is 33.4 Å². The zero-order valence-corrected chi connectivity index (χ0v) is 44.0. The first-order valence-corrected chi connectivity index (χ1v) is 28.7. The van der Waals surface area contributed by atoms with E-state index in [1.807, 2.05) is 23.5 Å². The van der Waals surface area contributed by atoms with Crippen LogP contribution in [0.1, 0.15) is 66.8 Å². The highest BCUT2D eigenvalue weighted by Crippen LogP contribution is 2.66. The predicted octanol–water partition coefficient (Wildman–Crippen LogP) is 19.2. The highest BCUT2D eigenvalue weighted by atomic mass is 32.2. The van der Waals surface area contributed by atoms with E-state index in [-0.39, 0.29) is 0 Å². The molecule has 2 aliphatic heterocycles. The van der Waals surface area contributed by atoms with Crippen molar-refractivity contribution in [3.63, 3.8) is 0 Å². The highest BCUT2D eigenvalue weighted by Gasteiger charge is 2.53. The Morgan fingerprint density at radius 1 is 0.231 bits per heavy atom. The van der Waals surface area contributed by atoms with Crippen LogP contribution >= 0.6 is 23.5 Å². The highest BCUT2D eigenvalue weighted by molar-refractivity contribution is 7.99. The average molecular weight is 1030 g/mol. The quantitative estimate of drug-likeness (QED) is 0.169. The van der Waals surface area contributed by atoms with E-state index < -0.39 is 16.2 Å². The fraction of sp³-hybridized carbons (Fsp3) is 0.0400. The standard InChI is InChI=1S/C75H47NS2/c1-3-22-48(23-4-1)73(49-24-5-2-6-25-49)59-31-12-9-28-54(59)72-66(73)36-21-37-67(72)76(50-42-44-60-55(46-50)52-26-7-10-29-57(52)74(60)62-32-13-17-38-68(62)77-69-39-18-14-33-63(69)74)51-43-45-61-56(47-51)53-27-8-11-30-58(53)75(61)64-34-15-19-40-70(64)78-71-41-20-16-35-65(71)75/h1-47H. The first-order chi connectivity index (χ1) is 38.7. The molecule has 0 atom stereocenters. The van der Waals surface area contributed by atoms with Crippen LogP contribution in [-0.2, 0) is 16.2 Å². The second-order valence-corrected chi connectivity index (χ2v) is 23.5. The molecule has 0 fully saturated rings. The molecule has 17 rings (SSSR count). The summed E-state index contributed by atoms with van der Waals surface area (Å²) in [5.41, 5.74) is 25.2. The van der Waals surface area contributed by atoms with Crippen LogP contribution in [0, 0.1) is 0 Å². The zero-order chi connectivity index (χ0) is 51.2. The molecule has 0 saturated heterocycles. The third-order valence-electron chi connectivity index (χ3n) is 17.9. The Hall–Kier alpha value is -8.86. The van der Waals surface area contributed by atoms with Gasteiger partial charge in [-0.15, -0.1) is 0 Å². The summed E-state index contributed by atoms with van der Waals surface area (Å²) in [5, 5.41) is 0. The predicted molar refractivity (Wildman–Crippen MR) is 321 cm³/mol. The van der Waals surface area contributed by atoms with Gasteiger partial charge in [-0.25, -0.2) is 0 Å². The lowest BCUT2D eigenvalue weighted by atomic mass is 9.67. The first-order valence-electron chi connectivity index (χ1n) is 27.1. The minimum absolute atomic E-state index is 0.484. The third-order valence-corrected chi connectivity index (χ3v) is 20.2. The lowest BCUT2D eigenvalue weighted by Crippen LogP contribution is -2.32.